The van der Waals surface area contributed by atoms with E-state index in [2.05, 4.69) is 40.5 Å². The van der Waals surface area contributed by atoms with Gasteiger partial charge in [0, 0.05) is 36.5 Å². The quantitative estimate of drug-likeness (QED) is 0.726. The highest BCUT2D eigenvalue weighted by molar-refractivity contribution is 5.88. The molecule has 4 heteroatoms. The molecule has 0 aliphatic heterocycles. The van der Waals surface area contributed by atoms with E-state index < -0.39 is 6.04 Å². The average molecular weight is 293 g/mol. The van der Waals surface area contributed by atoms with Crippen LogP contribution in [-0.2, 0) is 13.5 Å². The molecule has 3 aromatic rings. The van der Waals surface area contributed by atoms with E-state index in [1.54, 1.807) is 12.4 Å². The molecule has 3 rings (SSSR count). The van der Waals surface area contributed by atoms with Crippen molar-refractivity contribution in [2.75, 3.05) is 0 Å². The van der Waals surface area contributed by atoms with Crippen LogP contribution < -0.4 is 5.73 Å². The van der Waals surface area contributed by atoms with Gasteiger partial charge in [-0.3, -0.25) is 4.98 Å². The fraction of sp³-hybridized carbons (Fsp3) is 0.167. The third-order valence-electron chi connectivity index (χ3n) is 3.95. The summed E-state index contributed by atoms with van der Waals surface area (Å²) in [6.45, 7) is 3.52. The van der Waals surface area contributed by atoms with Gasteiger partial charge in [-0.25, -0.2) is 0 Å². The molecule has 0 aliphatic rings. The monoisotopic (exact) mass is 293 g/mol. The van der Waals surface area contributed by atoms with Gasteiger partial charge in [0.15, 0.2) is 0 Å². The summed E-state index contributed by atoms with van der Waals surface area (Å²) in [5.41, 5.74) is 10.4. The molecule has 1 unspecified atom stereocenters. The van der Waals surface area contributed by atoms with Gasteiger partial charge in [0.1, 0.15) is 5.76 Å². The van der Waals surface area contributed by atoms with Gasteiger partial charge in [0.05, 0.1) is 6.04 Å². The van der Waals surface area contributed by atoms with Crippen molar-refractivity contribution < 1.29 is 5.11 Å². The van der Waals surface area contributed by atoms with E-state index in [0.29, 0.717) is 6.42 Å². The van der Waals surface area contributed by atoms with Crippen molar-refractivity contribution in [1.82, 2.24) is 9.55 Å². The summed E-state index contributed by atoms with van der Waals surface area (Å²) in [4.78, 5) is 4.06. The number of aliphatic hydroxyl groups excluding tert-OH is 1. The first-order valence-electron chi connectivity index (χ1n) is 7.18. The van der Waals surface area contributed by atoms with Crippen LogP contribution in [0, 0.1) is 0 Å². The molecule has 4 nitrogen and oxygen atoms in total. The highest BCUT2D eigenvalue weighted by Crippen LogP contribution is 2.28. The maximum absolute atomic E-state index is 9.46. The van der Waals surface area contributed by atoms with Gasteiger partial charge in [-0.1, -0.05) is 12.6 Å². The van der Waals surface area contributed by atoms with Gasteiger partial charge in [-0.2, -0.15) is 0 Å². The molecule has 0 bridgehead atoms. The molecule has 0 amide bonds. The lowest BCUT2D eigenvalue weighted by molar-refractivity contribution is 0.369. The predicted octanol–water partition coefficient (Wildman–Crippen LogP) is 3.18. The maximum atomic E-state index is 9.46. The van der Waals surface area contributed by atoms with Gasteiger partial charge in [0.2, 0.25) is 0 Å². The lowest BCUT2D eigenvalue weighted by Gasteiger charge is -2.09. The molecular formula is C18H19N3O. The number of pyridine rings is 1. The number of benzene rings is 1. The Morgan fingerprint density at radius 1 is 1.27 bits per heavy atom. The largest absolute Gasteiger partial charge is 0.511 e. The third kappa shape index (κ3) is 2.61. The Morgan fingerprint density at radius 2 is 2.00 bits per heavy atom. The minimum Gasteiger partial charge on any atom is -0.511 e. The summed E-state index contributed by atoms with van der Waals surface area (Å²) < 4.78 is 2.08. The first-order chi connectivity index (χ1) is 10.6. The van der Waals surface area contributed by atoms with Gasteiger partial charge in [-0.15, -0.1) is 0 Å². The topological polar surface area (TPSA) is 64.1 Å². The molecule has 112 valence electrons. The molecule has 0 radical (unpaired) electrons. The van der Waals surface area contributed by atoms with Crippen LogP contribution in [0.1, 0.15) is 5.56 Å². The molecule has 0 aliphatic carbocycles. The minimum atomic E-state index is -0.449. The molecule has 0 fully saturated rings. The molecule has 3 N–H and O–H groups in total. The number of aryl methyl sites for hydroxylation is 1. The van der Waals surface area contributed by atoms with Crippen molar-refractivity contribution in [1.29, 1.82) is 0 Å². The summed E-state index contributed by atoms with van der Waals surface area (Å²) >= 11 is 0. The number of fused-ring (bicyclic) bond motifs is 1. The Kier molecular flexibility index (Phi) is 3.69. The van der Waals surface area contributed by atoms with Crippen LogP contribution in [0.4, 0.5) is 0 Å². The zero-order valence-corrected chi connectivity index (χ0v) is 12.5. The lowest BCUT2D eigenvalue weighted by Crippen LogP contribution is -2.24. The summed E-state index contributed by atoms with van der Waals surface area (Å²) in [5.74, 6) is 0.0160. The number of hydrogen-bond donors (Lipinski definition) is 2. The Bertz CT molecular complexity index is 821. The predicted molar refractivity (Wildman–Crippen MR) is 89.6 cm³/mol. The van der Waals surface area contributed by atoms with Gasteiger partial charge in [-0.05, 0) is 47.4 Å². The summed E-state index contributed by atoms with van der Waals surface area (Å²) in [7, 11) is 2.01. The van der Waals surface area contributed by atoms with Crippen molar-refractivity contribution in [3.05, 3.63) is 66.8 Å². The van der Waals surface area contributed by atoms with Crippen molar-refractivity contribution in [3.63, 3.8) is 0 Å². The van der Waals surface area contributed by atoms with E-state index in [1.807, 2.05) is 19.2 Å². The number of nitrogens with zero attached hydrogens (tertiary/aromatic N) is 2. The Hall–Kier alpha value is -2.59. The van der Waals surface area contributed by atoms with Crippen LogP contribution in [0.3, 0.4) is 0 Å². The van der Waals surface area contributed by atoms with Crippen molar-refractivity contribution in [3.8, 4) is 11.1 Å². The molecule has 22 heavy (non-hydrogen) atoms. The molecule has 0 saturated carbocycles. The number of nitrogens with two attached hydrogens (primary N) is 1. The number of aromatic nitrogens is 2. The second-order valence-corrected chi connectivity index (χ2v) is 5.54. The minimum absolute atomic E-state index is 0.0160. The molecule has 1 aromatic carbocycles. The number of hydrogen-bond acceptors (Lipinski definition) is 3. The van der Waals surface area contributed by atoms with E-state index in [1.165, 1.54) is 0 Å². The third-order valence-corrected chi connectivity index (χ3v) is 3.95. The first-order valence-corrected chi connectivity index (χ1v) is 7.18. The van der Waals surface area contributed by atoms with Gasteiger partial charge in [0.25, 0.3) is 0 Å². The normalized spacial score (nSPS) is 12.5. The second kappa shape index (κ2) is 5.66. The smallest absolute Gasteiger partial charge is 0.102 e. The highest BCUT2D eigenvalue weighted by Gasteiger charge is 2.13. The van der Waals surface area contributed by atoms with Crippen LogP contribution in [0.15, 0.2) is 61.3 Å². The summed E-state index contributed by atoms with van der Waals surface area (Å²) in [6, 6.07) is 9.90. The zero-order valence-electron chi connectivity index (χ0n) is 12.5. The zero-order chi connectivity index (χ0) is 15.7. The van der Waals surface area contributed by atoms with Gasteiger partial charge >= 0.3 is 0 Å². The van der Waals surface area contributed by atoms with E-state index in [4.69, 9.17) is 5.73 Å². The number of rotatable bonds is 4. The summed E-state index contributed by atoms with van der Waals surface area (Å²) in [5, 5.41) is 10.6. The Balaban J connectivity index is 2.08. The van der Waals surface area contributed by atoms with Crippen LogP contribution in [0.2, 0.25) is 0 Å². The molecule has 0 spiro atoms. The highest BCUT2D eigenvalue weighted by atomic mass is 16.3. The van der Waals surface area contributed by atoms with Crippen LogP contribution >= 0.6 is 0 Å². The second-order valence-electron chi connectivity index (χ2n) is 5.54. The van der Waals surface area contributed by atoms with Crippen molar-refractivity contribution in [2.45, 2.75) is 12.5 Å². The lowest BCUT2D eigenvalue weighted by atomic mass is 10.0. The van der Waals surface area contributed by atoms with E-state index in [0.717, 1.165) is 27.6 Å². The molecule has 1 atom stereocenters. The molecule has 0 saturated heterocycles. The Morgan fingerprint density at radius 3 is 2.68 bits per heavy atom. The molecular weight excluding hydrogens is 274 g/mol. The molecule has 2 heterocycles. The van der Waals surface area contributed by atoms with Gasteiger partial charge < -0.3 is 15.4 Å². The van der Waals surface area contributed by atoms with Crippen LogP contribution in [0.5, 0.6) is 0 Å². The summed E-state index contributed by atoms with van der Waals surface area (Å²) in [6.07, 6.45) is 6.20. The number of aliphatic hydroxyl groups is 1. The maximum Gasteiger partial charge on any atom is 0.102 e. The van der Waals surface area contributed by atoms with E-state index >= 15 is 0 Å². The average Bonchev–Trinajstić information content (AvgIpc) is 2.84. The first kappa shape index (κ1) is 14.4. The van der Waals surface area contributed by atoms with E-state index in [9.17, 15) is 5.11 Å². The SMILES string of the molecule is C=C(O)C(N)Cc1cn(C)c2ccc(-c3ccncc3)cc12. The fourth-order valence-corrected chi connectivity index (χ4v) is 2.71. The van der Waals surface area contributed by atoms with E-state index in [-0.39, 0.29) is 5.76 Å². The van der Waals surface area contributed by atoms with Crippen LogP contribution in [-0.4, -0.2) is 20.7 Å². The van der Waals surface area contributed by atoms with Crippen LogP contribution in [0.25, 0.3) is 22.0 Å². The van der Waals surface area contributed by atoms with Crippen molar-refractivity contribution >= 4 is 10.9 Å². The molecule has 2 aromatic heterocycles. The fourth-order valence-electron chi connectivity index (χ4n) is 2.71. The standard InChI is InChI=1S/C18H19N3O/c1-12(22)17(19)10-15-11-21(2)18-4-3-14(9-16(15)18)13-5-7-20-8-6-13/h3-9,11,17,22H,1,10,19H2,2H3. The Labute approximate surface area is 129 Å². The van der Waals surface area contributed by atoms with Crippen molar-refractivity contribution in [2.24, 2.45) is 12.8 Å².